The van der Waals surface area contributed by atoms with E-state index in [4.69, 9.17) is 11.6 Å². The first-order valence-corrected chi connectivity index (χ1v) is 8.77. The highest BCUT2D eigenvalue weighted by molar-refractivity contribution is 7.89. The van der Waals surface area contributed by atoms with Crippen LogP contribution in [0.1, 0.15) is 44.9 Å². The Kier molecular flexibility index (Phi) is 4.37. The van der Waals surface area contributed by atoms with E-state index in [9.17, 15) is 8.42 Å². The van der Waals surface area contributed by atoms with Gasteiger partial charge in [0.2, 0.25) is 10.0 Å². The molecule has 2 rings (SSSR count). The van der Waals surface area contributed by atoms with Crippen LogP contribution in [0.2, 0.25) is 0 Å². The molecule has 0 aromatic carbocycles. The Balaban J connectivity index is 1.77. The molecule has 2 fully saturated rings. The third-order valence-corrected chi connectivity index (χ3v) is 6.15. The normalized spacial score (nSPS) is 24.8. The van der Waals surface area contributed by atoms with Crippen LogP contribution in [-0.2, 0) is 10.0 Å². The number of hydrogen-bond donors (Lipinski definition) is 1. The van der Waals surface area contributed by atoms with E-state index in [0.29, 0.717) is 24.1 Å². The maximum Gasteiger partial charge on any atom is 0.211 e. The average Bonchev–Trinajstić information content (AvgIpc) is 3.08. The summed E-state index contributed by atoms with van der Waals surface area (Å²) in [6.07, 6.45) is 7.89. The fourth-order valence-electron chi connectivity index (χ4n) is 2.52. The van der Waals surface area contributed by atoms with E-state index in [2.05, 4.69) is 4.72 Å². The maximum atomic E-state index is 11.9. The van der Waals surface area contributed by atoms with Crippen LogP contribution < -0.4 is 4.72 Å². The van der Waals surface area contributed by atoms with Crippen LogP contribution in [0.15, 0.2) is 0 Å². The Morgan fingerprint density at radius 1 is 1.18 bits per heavy atom. The minimum atomic E-state index is -3.09. The molecule has 17 heavy (non-hydrogen) atoms. The van der Waals surface area contributed by atoms with Crippen LogP contribution in [0.5, 0.6) is 0 Å². The molecule has 0 bridgehead atoms. The fourth-order valence-corrected chi connectivity index (χ4v) is 4.48. The van der Waals surface area contributed by atoms with Gasteiger partial charge in [0, 0.05) is 12.4 Å². The highest BCUT2D eigenvalue weighted by Crippen LogP contribution is 2.46. The summed E-state index contributed by atoms with van der Waals surface area (Å²) in [6, 6.07) is 0. The Hall–Kier alpha value is 0.200. The molecule has 3 nitrogen and oxygen atoms in total. The number of halogens is 1. The molecule has 0 aromatic heterocycles. The van der Waals surface area contributed by atoms with Crippen molar-refractivity contribution < 1.29 is 8.42 Å². The zero-order valence-electron chi connectivity index (χ0n) is 10.3. The summed E-state index contributed by atoms with van der Waals surface area (Å²) < 4.78 is 26.6. The van der Waals surface area contributed by atoms with Gasteiger partial charge < -0.3 is 0 Å². The molecular formula is C12H22ClNO2S. The summed E-state index contributed by atoms with van der Waals surface area (Å²) in [7, 11) is -3.09. The molecule has 5 heteroatoms. The Bertz CT molecular complexity index is 346. The summed E-state index contributed by atoms with van der Waals surface area (Å²) in [4.78, 5) is 0. The van der Waals surface area contributed by atoms with Gasteiger partial charge in [-0.3, -0.25) is 0 Å². The number of rotatable bonds is 6. The third-order valence-electron chi connectivity index (χ3n) is 4.09. The molecule has 0 unspecified atom stereocenters. The van der Waals surface area contributed by atoms with Gasteiger partial charge in [0.1, 0.15) is 0 Å². The predicted molar refractivity (Wildman–Crippen MR) is 70.8 cm³/mol. The lowest BCUT2D eigenvalue weighted by atomic mass is 9.91. The van der Waals surface area contributed by atoms with Gasteiger partial charge in [-0.1, -0.05) is 19.3 Å². The van der Waals surface area contributed by atoms with E-state index in [1.54, 1.807) is 0 Å². The number of hydrogen-bond acceptors (Lipinski definition) is 2. The van der Waals surface area contributed by atoms with Crippen LogP contribution >= 0.6 is 11.6 Å². The lowest BCUT2D eigenvalue weighted by Crippen LogP contribution is -2.35. The maximum absolute atomic E-state index is 11.9. The first-order valence-electron chi connectivity index (χ1n) is 6.59. The molecule has 0 aromatic rings. The largest absolute Gasteiger partial charge is 0.215 e. The van der Waals surface area contributed by atoms with Crippen LogP contribution in [0, 0.1) is 11.3 Å². The molecule has 100 valence electrons. The Morgan fingerprint density at radius 2 is 1.82 bits per heavy atom. The molecule has 2 aliphatic rings. The number of alkyl halides is 1. The summed E-state index contributed by atoms with van der Waals surface area (Å²) in [5, 5.41) is 0. The van der Waals surface area contributed by atoms with E-state index >= 15 is 0 Å². The number of nitrogens with one attached hydrogen (secondary N) is 1. The molecule has 0 amide bonds. The molecular weight excluding hydrogens is 258 g/mol. The first kappa shape index (κ1) is 13.6. The van der Waals surface area contributed by atoms with Crippen LogP contribution in [0.25, 0.3) is 0 Å². The minimum Gasteiger partial charge on any atom is -0.215 e. The zero-order chi connectivity index (χ0) is 12.4. The molecule has 1 N–H and O–H groups in total. The topological polar surface area (TPSA) is 46.2 Å². The van der Waals surface area contributed by atoms with Gasteiger partial charge in [0.15, 0.2) is 0 Å². The van der Waals surface area contributed by atoms with Crippen LogP contribution in [0.3, 0.4) is 0 Å². The van der Waals surface area contributed by atoms with Crippen LogP contribution in [-0.4, -0.2) is 26.6 Å². The quantitative estimate of drug-likeness (QED) is 0.760. The molecule has 0 atom stereocenters. The Morgan fingerprint density at radius 3 is 2.35 bits per heavy atom. The molecule has 0 spiro atoms. The van der Waals surface area contributed by atoms with Crippen molar-refractivity contribution in [2.45, 2.75) is 44.9 Å². The second-order valence-corrected chi connectivity index (χ2v) is 7.86. The van der Waals surface area contributed by atoms with Gasteiger partial charge in [0.05, 0.1) is 5.75 Å². The van der Waals surface area contributed by atoms with Crippen molar-refractivity contribution in [3.05, 3.63) is 0 Å². The van der Waals surface area contributed by atoms with Gasteiger partial charge in [0.25, 0.3) is 0 Å². The van der Waals surface area contributed by atoms with Crippen molar-refractivity contribution >= 4 is 21.6 Å². The van der Waals surface area contributed by atoms with Gasteiger partial charge in [-0.25, -0.2) is 13.1 Å². The first-order chi connectivity index (χ1) is 8.05. The molecule has 2 aliphatic carbocycles. The van der Waals surface area contributed by atoms with Gasteiger partial charge in [-0.2, -0.15) is 0 Å². The molecule has 0 saturated heterocycles. The summed E-state index contributed by atoms with van der Waals surface area (Å²) in [6.45, 7) is 0.533. The van der Waals surface area contributed by atoms with Crippen molar-refractivity contribution in [3.8, 4) is 0 Å². The van der Waals surface area contributed by atoms with Gasteiger partial charge >= 0.3 is 0 Å². The standard InChI is InChI=1S/C12H22ClNO2S/c13-9-12(6-7-12)10-14-17(15,16)8-11-4-2-1-3-5-11/h11,14H,1-10H2. The number of sulfonamides is 1. The minimum absolute atomic E-state index is 0.0706. The SMILES string of the molecule is O=S(=O)(CC1CCCCC1)NCC1(CCl)CC1. The molecule has 2 saturated carbocycles. The third kappa shape index (κ3) is 4.11. The van der Waals surface area contributed by atoms with Crippen LogP contribution in [0.4, 0.5) is 0 Å². The summed E-state index contributed by atoms with van der Waals surface area (Å²) in [5.41, 5.74) is 0.0706. The van der Waals surface area contributed by atoms with Crippen molar-refractivity contribution in [1.82, 2.24) is 4.72 Å². The monoisotopic (exact) mass is 279 g/mol. The van der Waals surface area contributed by atoms with Crippen molar-refractivity contribution in [1.29, 1.82) is 0 Å². The second kappa shape index (κ2) is 5.45. The summed E-state index contributed by atoms with van der Waals surface area (Å²) in [5.74, 6) is 1.25. The van der Waals surface area contributed by atoms with Crippen molar-refractivity contribution in [3.63, 3.8) is 0 Å². The van der Waals surface area contributed by atoms with Crippen molar-refractivity contribution in [2.24, 2.45) is 11.3 Å². The highest BCUT2D eigenvalue weighted by Gasteiger charge is 2.42. The molecule has 0 aliphatic heterocycles. The highest BCUT2D eigenvalue weighted by atomic mass is 35.5. The van der Waals surface area contributed by atoms with Gasteiger partial charge in [-0.15, -0.1) is 11.6 Å². The lowest BCUT2D eigenvalue weighted by Gasteiger charge is -2.22. The molecule has 0 heterocycles. The Labute approximate surface area is 109 Å². The molecule has 0 radical (unpaired) electrons. The van der Waals surface area contributed by atoms with E-state index in [-0.39, 0.29) is 5.41 Å². The second-order valence-electron chi connectivity index (χ2n) is 5.74. The zero-order valence-corrected chi connectivity index (χ0v) is 11.8. The smallest absolute Gasteiger partial charge is 0.211 e. The average molecular weight is 280 g/mol. The predicted octanol–water partition coefficient (Wildman–Crippen LogP) is 2.51. The fraction of sp³-hybridized carbons (Fsp3) is 1.00. The summed E-state index contributed by atoms with van der Waals surface area (Å²) >= 11 is 5.84. The van der Waals surface area contributed by atoms with E-state index in [1.807, 2.05) is 0 Å². The van der Waals surface area contributed by atoms with Gasteiger partial charge in [-0.05, 0) is 37.0 Å². The lowest BCUT2D eigenvalue weighted by molar-refractivity contribution is 0.383. The van der Waals surface area contributed by atoms with E-state index in [0.717, 1.165) is 25.7 Å². The van der Waals surface area contributed by atoms with E-state index < -0.39 is 10.0 Å². The van der Waals surface area contributed by atoms with E-state index in [1.165, 1.54) is 19.3 Å². The van der Waals surface area contributed by atoms with Crippen molar-refractivity contribution in [2.75, 3.05) is 18.2 Å².